The summed E-state index contributed by atoms with van der Waals surface area (Å²) < 4.78 is 39.4. The van der Waals surface area contributed by atoms with Gasteiger partial charge < -0.3 is 15.7 Å². The zero-order valence-electron chi connectivity index (χ0n) is 12.3. The van der Waals surface area contributed by atoms with Crippen LogP contribution in [0.25, 0.3) is 0 Å². The van der Waals surface area contributed by atoms with E-state index in [9.17, 15) is 18.3 Å². The van der Waals surface area contributed by atoms with Crippen molar-refractivity contribution in [1.29, 1.82) is 0 Å². The van der Waals surface area contributed by atoms with Crippen LogP contribution in [0, 0.1) is 0 Å². The lowest BCUT2D eigenvalue weighted by atomic mass is 9.80. The minimum atomic E-state index is -4.38. The third-order valence-electron chi connectivity index (χ3n) is 4.73. The topological polar surface area (TPSA) is 44.3 Å². The van der Waals surface area contributed by atoms with Gasteiger partial charge in [-0.25, -0.2) is 0 Å². The average molecular weight is 314 g/mol. The summed E-state index contributed by atoms with van der Waals surface area (Å²) in [6.07, 6.45) is -1.37. The molecule has 0 aromatic heterocycles. The summed E-state index contributed by atoms with van der Waals surface area (Å²) >= 11 is 0. The van der Waals surface area contributed by atoms with Gasteiger partial charge in [-0.15, -0.1) is 0 Å². The predicted molar refractivity (Wildman–Crippen MR) is 78.9 cm³/mol. The molecule has 0 bridgehead atoms. The van der Waals surface area contributed by atoms with Crippen molar-refractivity contribution in [2.75, 3.05) is 18.4 Å². The van der Waals surface area contributed by atoms with Gasteiger partial charge >= 0.3 is 6.18 Å². The number of anilines is 1. The van der Waals surface area contributed by atoms with Crippen LogP contribution in [0.2, 0.25) is 0 Å². The first kappa shape index (κ1) is 15.6. The van der Waals surface area contributed by atoms with Crippen molar-refractivity contribution in [3.63, 3.8) is 0 Å². The molecular weight excluding hydrogens is 293 g/mol. The summed E-state index contributed by atoms with van der Waals surface area (Å²) in [6.45, 7) is 1.32. The molecule has 3 nitrogen and oxygen atoms in total. The molecule has 1 saturated heterocycles. The van der Waals surface area contributed by atoms with Crippen molar-refractivity contribution in [3.05, 3.63) is 29.3 Å². The van der Waals surface area contributed by atoms with Crippen LogP contribution >= 0.6 is 0 Å². The van der Waals surface area contributed by atoms with E-state index in [1.165, 1.54) is 6.07 Å². The lowest BCUT2D eigenvalue weighted by molar-refractivity contribution is -0.137. The third kappa shape index (κ3) is 2.94. The Morgan fingerprint density at radius 1 is 1.14 bits per heavy atom. The number of aliphatic hydroxyl groups is 1. The quantitative estimate of drug-likeness (QED) is 0.786. The minimum Gasteiger partial charge on any atom is -0.391 e. The van der Waals surface area contributed by atoms with Crippen LogP contribution in [0.1, 0.15) is 42.7 Å². The van der Waals surface area contributed by atoms with Crippen LogP contribution in [-0.2, 0) is 6.18 Å². The zero-order chi connectivity index (χ0) is 15.7. The maximum Gasteiger partial charge on any atom is 0.418 e. The molecule has 122 valence electrons. The molecule has 2 aliphatic heterocycles. The number of nitrogens with one attached hydrogen (secondary N) is 2. The normalized spacial score (nSPS) is 26.9. The fourth-order valence-corrected chi connectivity index (χ4v) is 3.63. The van der Waals surface area contributed by atoms with Crippen molar-refractivity contribution in [3.8, 4) is 0 Å². The van der Waals surface area contributed by atoms with Gasteiger partial charge in [-0.3, -0.25) is 0 Å². The Bertz CT molecular complexity index is 527. The molecule has 6 heteroatoms. The van der Waals surface area contributed by atoms with Crippen LogP contribution in [0.15, 0.2) is 18.2 Å². The molecule has 3 N–H and O–H groups in total. The standard InChI is InChI=1S/C16H21F3N2O/c17-16(18,19)12-5-3-4-10-11(7-9-21-14(10)12)15(22)13-6-1-2-8-20-13/h3-5,11,13,15,20-22H,1-2,6-9H2. The fraction of sp³-hybridized carbons (Fsp3) is 0.625. The van der Waals surface area contributed by atoms with Gasteiger partial charge in [0.15, 0.2) is 0 Å². The van der Waals surface area contributed by atoms with Crippen LogP contribution in [0.5, 0.6) is 0 Å². The van der Waals surface area contributed by atoms with Crippen molar-refractivity contribution in [2.45, 2.75) is 49.9 Å². The Hall–Kier alpha value is -1.27. The Balaban J connectivity index is 1.91. The van der Waals surface area contributed by atoms with Crippen molar-refractivity contribution < 1.29 is 18.3 Å². The predicted octanol–water partition coefficient (Wildman–Crippen LogP) is 3.11. The maximum atomic E-state index is 13.1. The molecule has 1 aromatic rings. The number of rotatable bonds is 2. The highest BCUT2D eigenvalue weighted by molar-refractivity contribution is 5.62. The second kappa shape index (κ2) is 6.08. The molecule has 0 saturated carbocycles. The zero-order valence-corrected chi connectivity index (χ0v) is 12.3. The molecule has 0 amide bonds. The van der Waals surface area contributed by atoms with Crippen LogP contribution in [0.4, 0.5) is 18.9 Å². The van der Waals surface area contributed by atoms with E-state index in [1.807, 2.05) is 0 Å². The highest BCUT2D eigenvalue weighted by Gasteiger charge is 2.39. The van der Waals surface area contributed by atoms with E-state index in [4.69, 9.17) is 0 Å². The first-order chi connectivity index (χ1) is 10.5. The van der Waals surface area contributed by atoms with Gasteiger partial charge in [0.05, 0.1) is 11.7 Å². The molecular formula is C16H21F3N2O. The summed E-state index contributed by atoms with van der Waals surface area (Å²) in [7, 11) is 0. The Morgan fingerprint density at radius 2 is 1.95 bits per heavy atom. The van der Waals surface area contributed by atoms with Gasteiger partial charge in [-0.05, 0) is 37.4 Å². The molecule has 0 aliphatic carbocycles. The Morgan fingerprint density at radius 3 is 2.64 bits per heavy atom. The number of fused-ring (bicyclic) bond motifs is 1. The van der Waals surface area contributed by atoms with E-state index in [0.29, 0.717) is 18.5 Å². The number of para-hydroxylation sites is 1. The highest BCUT2D eigenvalue weighted by Crippen LogP contribution is 2.43. The molecule has 22 heavy (non-hydrogen) atoms. The number of hydrogen-bond donors (Lipinski definition) is 3. The molecule has 1 aromatic carbocycles. The molecule has 0 spiro atoms. The lowest BCUT2D eigenvalue weighted by Gasteiger charge is -2.37. The molecule has 2 heterocycles. The van der Waals surface area contributed by atoms with Crippen LogP contribution < -0.4 is 10.6 Å². The second-order valence-electron chi connectivity index (χ2n) is 6.14. The summed E-state index contributed by atoms with van der Waals surface area (Å²) in [4.78, 5) is 0. The summed E-state index contributed by atoms with van der Waals surface area (Å²) in [5, 5.41) is 16.8. The van der Waals surface area contributed by atoms with Gasteiger partial charge in [0.2, 0.25) is 0 Å². The number of piperidine rings is 1. The summed E-state index contributed by atoms with van der Waals surface area (Å²) in [5.74, 6) is -0.255. The van der Waals surface area contributed by atoms with E-state index >= 15 is 0 Å². The smallest absolute Gasteiger partial charge is 0.391 e. The maximum absolute atomic E-state index is 13.1. The molecule has 3 rings (SSSR count). The third-order valence-corrected chi connectivity index (χ3v) is 4.73. The van der Waals surface area contributed by atoms with Gasteiger partial charge in [0, 0.05) is 24.2 Å². The monoisotopic (exact) mass is 314 g/mol. The molecule has 3 unspecified atom stereocenters. The van der Waals surface area contributed by atoms with E-state index in [0.717, 1.165) is 31.9 Å². The molecule has 0 radical (unpaired) electrons. The number of hydrogen-bond acceptors (Lipinski definition) is 3. The Kier molecular flexibility index (Phi) is 4.32. The number of aliphatic hydroxyl groups excluding tert-OH is 1. The average Bonchev–Trinajstić information content (AvgIpc) is 2.53. The molecule has 2 aliphatic rings. The van der Waals surface area contributed by atoms with Crippen LogP contribution in [-0.4, -0.2) is 30.3 Å². The SMILES string of the molecule is OC(C1CCCCN1)C1CCNc2c1cccc2C(F)(F)F. The van der Waals surface area contributed by atoms with Gasteiger partial charge in [0.1, 0.15) is 0 Å². The summed E-state index contributed by atoms with van der Waals surface area (Å²) in [5.41, 5.74) is 0.0839. The van der Waals surface area contributed by atoms with E-state index in [2.05, 4.69) is 10.6 Å². The minimum absolute atomic E-state index is 0.0285. The van der Waals surface area contributed by atoms with Crippen molar-refractivity contribution in [1.82, 2.24) is 5.32 Å². The largest absolute Gasteiger partial charge is 0.418 e. The van der Waals surface area contributed by atoms with E-state index < -0.39 is 17.8 Å². The van der Waals surface area contributed by atoms with Gasteiger partial charge in [-0.2, -0.15) is 13.2 Å². The fourth-order valence-electron chi connectivity index (χ4n) is 3.63. The Labute approximate surface area is 127 Å². The number of benzene rings is 1. The number of halogens is 3. The first-order valence-corrected chi connectivity index (χ1v) is 7.84. The van der Waals surface area contributed by atoms with Crippen molar-refractivity contribution >= 4 is 5.69 Å². The second-order valence-corrected chi connectivity index (χ2v) is 6.14. The van der Waals surface area contributed by atoms with E-state index in [1.54, 1.807) is 6.07 Å². The first-order valence-electron chi connectivity index (χ1n) is 7.84. The van der Waals surface area contributed by atoms with E-state index in [-0.39, 0.29) is 17.6 Å². The molecule has 1 fully saturated rings. The highest BCUT2D eigenvalue weighted by atomic mass is 19.4. The lowest BCUT2D eigenvalue weighted by Crippen LogP contribution is -2.46. The van der Waals surface area contributed by atoms with Gasteiger partial charge in [0.25, 0.3) is 0 Å². The molecule has 3 atom stereocenters. The summed E-state index contributed by atoms with van der Waals surface area (Å²) in [6, 6.07) is 4.20. The number of alkyl halides is 3. The van der Waals surface area contributed by atoms with Crippen molar-refractivity contribution in [2.24, 2.45) is 0 Å². The van der Waals surface area contributed by atoms with Gasteiger partial charge in [-0.1, -0.05) is 18.6 Å². The van der Waals surface area contributed by atoms with Crippen LogP contribution in [0.3, 0.4) is 0 Å².